The highest BCUT2D eigenvalue weighted by atomic mass is 16.6. The Morgan fingerprint density at radius 3 is 2.04 bits per heavy atom. The Labute approximate surface area is 134 Å². The first-order valence-electron chi connectivity index (χ1n) is 6.83. The molecule has 0 aliphatic carbocycles. The maximum absolute atomic E-state index is 11.8. The van der Waals surface area contributed by atoms with Crippen molar-refractivity contribution in [2.24, 2.45) is 0 Å². The maximum Gasteiger partial charge on any atom is 0.344 e. The maximum atomic E-state index is 11.8. The molecular formula is C16H20O7. The van der Waals surface area contributed by atoms with Crippen LogP contribution in [0.1, 0.15) is 41.5 Å². The molecule has 1 aromatic carbocycles. The van der Waals surface area contributed by atoms with Crippen LogP contribution < -0.4 is 4.74 Å². The fourth-order valence-electron chi connectivity index (χ4n) is 1.69. The van der Waals surface area contributed by atoms with E-state index < -0.39 is 23.5 Å². The van der Waals surface area contributed by atoms with Crippen molar-refractivity contribution in [2.45, 2.75) is 26.4 Å². The summed E-state index contributed by atoms with van der Waals surface area (Å²) in [5, 5.41) is 0. The highest BCUT2D eigenvalue weighted by Crippen LogP contribution is 2.20. The molecule has 0 N–H and O–H groups in total. The average Bonchev–Trinajstić information content (AvgIpc) is 2.49. The van der Waals surface area contributed by atoms with E-state index in [2.05, 4.69) is 9.47 Å². The summed E-state index contributed by atoms with van der Waals surface area (Å²) in [4.78, 5) is 35.0. The van der Waals surface area contributed by atoms with Gasteiger partial charge in [-0.15, -0.1) is 0 Å². The van der Waals surface area contributed by atoms with E-state index >= 15 is 0 Å². The van der Waals surface area contributed by atoms with E-state index in [0.29, 0.717) is 0 Å². The molecule has 1 rings (SSSR count). The van der Waals surface area contributed by atoms with Gasteiger partial charge in [-0.2, -0.15) is 0 Å². The van der Waals surface area contributed by atoms with Crippen LogP contribution in [0.4, 0.5) is 0 Å². The van der Waals surface area contributed by atoms with Crippen LogP contribution >= 0.6 is 0 Å². The van der Waals surface area contributed by atoms with Gasteiger partial charge in [0.2, 0.25) is 0 Å². The first kappa shape index (κ1) is 18.5. The number of methoxy groups -OCH3 is 2. The predicted molar refractivity (Wildman–Crippen MR) is 80.5 cm³/mol. The van der Waals surface area contributed by atoms with Crippen LogP contribution in [0.3, 0.4) is 0 Å². The SMILES string of the molecule is COC(=O)c1ccc(OCC(=O)OC(C)(C)C)cc1C(=O)OC. The number of carbonyl (C=O) groups is 3. The van der Waals surface area contributed by atoms with Crippen molar-refractivity contribution in [3.05, 3.63) is 29.3 Å². The Kier molecular flexibility index (Phi) is 6.12. The first-order valence-corrected chi connectivity index (χ1v) is 6.83. The Morgan fingerprint density at radius 1 is 0.957 bits per heavy atom. The Morgan fingerprint density at radius 2 is 1.52 bits per heavy atom. The lowest BCUT2D eigenvalue weighted by atomic mass is 10.1. The van der Waals surface area contributed by atoms with E-state index in [1.165, 1.54) is 32.4 Å². The van der Waals surface area contributed by atoms with Crippen molar-refractivity contribution < 1.29 is 33.3 Å². The molecule has 0 heterocycles. The summed E-state index contributed by atoms with van der Waals surface area (Å²) < 4.78 is 19.6. The number of rotatable bonds is 5. The second kappa shape index (κ2) is 7.62. The average molecular weight is 324 g/mol. The third-order valence-electron chi connectivity index (χ3n) is 2.58. The lowest BCUT2D eigenvalue weighted by Gasteiger charge is -2.19. The number of hydrogen-bond acceptors (Lipinski definition) is 7. The van der Waals surface area contributed by atoms with Gasteiger partial charge in [0.25, 0.3) is 0 Å². The molecule has 7 heteroatoms. The summed E-state index contributed by atoms with van der Waals surface area (Å²) in [6.07, 6.45) is 0. The van der Waals surface area contributed by atoms with Crippen LogP contribution in [0.15, 0.2) is 18.2 Å². The van der Waals surface area contributed by atoms with Gasteiger partial charge in [-0.3, -0.25) is 0 Å². The van der Waals surface area contributed by atoms with Crippen molar-refractivity contribution >= 4 is 17.9 Å². The smallest absolute Gasteiger partial charge is 0.344 e. The summed E-state index contributed by atoms with van der Waals surface area (Å²) >= 11 is 0. The van der Waals surface area contributed by atoms with Crippen LogP contribution in [-0.4, -0.2) is 44.3 Å². The topological polar surface area (TPSA) is 88.1 Å². The molecule has 0 fully saturated rings. The highest BCUT2D eigenvalue weighted by molar-refractivity contribution is 6.03. The molecule has 0 aliphatic heterocycles. The molecule has 23 heavy (non-hydrogen) atoms. The van der Waals surface area contributed by atoms with E-state index in [9.17, 15) is 14.4 Å². The van der Waals surface area contributed by atoms with Gasteiger partial charge in [-0.05, 0) is 39.0 Å². The van der Waals surface area contributed by atoms with Crippen molar-refractivity contribution in [3.8, 4) is 5.75 Å². The zero-order valence-electron chi connectivity index (χ0n) is 13.8. The summed E-state index contributed by atoms with van der Waals surface area (Å²) in [5.41, 5.74) is -0.586. The second-order valence-electron chi connectivity index (χ2n) is 5.57. The standard InChI is InChI=1S/C16H20O7/c1-16(2,3)23-13(17)9-22-10-6-7-11(14(18)20-4)12(8-10)15(19)21-5/h6-8H,9H2,1-5H3. The predicted octanol–water partition coefficient (Wildman–Crippen LogP) is 1.98. The zero-order chi connectivity index (χ0) is 17.6. The van der Waals surface area contributed by atoms with Crippen LogP contribution in [0.25, 0.3) is 0 Å². The van der Waals surface area contributed by atoms with Crippen LogP contribution in [0, 0.1) is 0 Å². The molecule has 0 unspecified atom stereocenters. The lowest BCUT2D eigenvalue weighted by Crippen LogP contribution is -2.27. The van der Waals surface area contributed by atoms with Crippen molar-refractivity contribution in [1.82, 2.24) is 0 Å². The number of hydrogen-bond donors (Lipinski definition) is 0. The lowest BCUT2D eigenvalue weighted by molar-refractivity contribution is -0.157. The molecule has 7 nitrogen and oxygen atoms in total. The summed E-state index contributed by atoms with van der Waals surface area (Å²) in [6, 6.07) is 4.12. The molecule has 0 aliphatic rings. The van der Waals surface area contributed by atoms with E-state index in [-0.39, 0.29) is 23.5 Å². The van der Waals surface area contributed by atoms with Gasteiger partial charge in [0.15, 0.2) is 6.61 Å². The third-order valence-corrected chi connectivity index (χ3v) is 2.58. The molecule has 0 bridgehead atoms. The summed E-state index contributed by atoms with van der Waals surface area (Å²) in [6.45, 7) is 4.90. The molecule has 0 saturated carbocycles. The largest absolute Gasteiger partial charge is 0.482 e. The quantitative estimate of drug-likeness (QED) is 0.604. The van der Waals surface area contributed by atoms with E-state index in [1.54, 1.807) is 20.8 Å². The zero-order valence-corrected chi connectivity index (χ0v) is 13.8. The molecule has 0 spiro atoms. The van der Waals surface area contributed by atoms with Gasteiger partial charge in [-0.25, -0.2) is 14.4 Å². The highest BCUT2D eigenvalue weighted by Gasteiger charge is 2.20. The van der Waals surface area contributed by atoms with Gasteiger partial charge in [0.1, 0.15) is 11.4 Å². The molecular weight excluding hydrogens is 304 g/mol. The van der Waals surface area contributed by atoms with Gasteiger partial charge >= 0.3 is 17.9 Å². The number of benzene rings is 1. The second-order valence-corrected chi connectivity index (χ2v) is 5.57. The molecule has 0 amide bonds. The monoisotopic (exact) mass is 324 g/mol. The fourth-order valence-corrected chi connectivity index (χ4v) is 1.69. The van der Waals surface area contributed by atoms with Crippen molar-refractivity contribution in [3.63, 3.8) is 0 Å². The third kappa shape index (κ3) is 5.61. The Balaban J connectivity index is 2.91. The molecule has 0 aromatic heterocycles. The van der Waals surface area contributed by atoms with Crippen molar-refractivity contribution in [2.75, 3.05) is 20.8 Å². The normalized spacial score (nSPS) is 10.7. The van der Waals surface area contributed by atoms with E-state index in [4.69, 9.17) is 9.47 Å². The van der Waals surface area contributed by atoms with Gasteiger partial charge in [0, 0.05) is 0 Å². The Hall–Kier alpha value is -2.57. The van der Waals surface area contributed by atoms with Crippen LogP contribution in [0.5, 0.6) is 5.75 Å². The minimum absolute atomic E-state index is 0.0129. The van der Waals surface area contributed by atoms with E-state index in [1.807, 2.05) is 0 Å². The number of esters is 3. The van der Waals surface area contributed by atoms with Crippen molar-refractivity contribution in [1.29, 1.82) is 0 Å². The number of carbonyl (C=O) groups excluding carboxylic acids is 3. The van der Waals surface area contributed by atoms with Crippen LogP contribution in [-0.2, 0) is 19.0 Å². The molecule has 1 aromatic rings. The van der Waals surface area contributed by atoms with E-state index in [0.717, 1.165) is 0 Å². The molecule has 0 atom stereocenters. The van der Waals surface area contributed by atoms with Crippen LogP contribution in [0.2, 0.25) is 0 Å². The number of ether oxygens (including phenoxy) is 4. The summed E-state index contributed by atoms with van der Waals surface area (Å²) in [5.74, 6) is -1.71. The minimum atomic E-state index is -0.715. The van der Waals surface area contributed by atoms with Gasteiger partial charge < -0.3 is 18.9 Å². The molecule has 0 radical (unpaired) electrons. The first-order chi connectivity index (χ1) is 10.7. The fraction of sp³-hybridized carbons (Fsp3) is 0.438. The molecule has 0 saturated heterocycles. The van der Waals surface area contributed by atoms with Gasteiger partial charge in [-0.1, -0.05) is 0 Å². The minimum Gasteiger partial charge on any atom is -0.482 e. The molecule has 126 valence electrons. The summed E-state index contributed by atoms with van der Waals surface area (Å²) in [7, 11) is 2.40. The Bertz CT molecular complexity index is 599. The van der Waals surface area contributed by atoms with Gasteiger partial charge in [0.05, 0.1) is 25.3 Å².